The van der Waals surface area contributed by atoms with Gasteiger partial charge in [-0.05, 0) is 60.0 Å². The largest absolute Gasteiger partial charge is 0.482 e. The van der Waals surface area contributed by atoms with E-state index in [1.54, 1.807) is 31.2 Å². The zero-order valence-corrected chi connectivity index (χ0v) is 16.9. The van der Waals surface area contributed by atoms with Crippen LogP contribution in [-0.2, 0) is 9.59 Å². The molecule has 7 nitrogen and oxygen atoms in total. The van der Waals surface area contributed by atoms with Crippen LogP contribution in [-0.4, -0.2) is 35.9 Å². The molecule has 3 aromatic carbocycles. The number of aliphatic carboxylic acids is 1. The lowest BCUT2D eigenvalue weighted by molar-refractivity contribution is -0.139. The highest BCUT2D eigenvalue weighted by Gasteiger charge is 2.14. The molecule has 31 heavy (non-hydrogen) atoms. The molecule has 0 saturated carbocycles. The smallest absolute Gasteiger partial charge is 0.341 e. The second-order valence-electron chi connectivity index (χ2n) is 6.64. The number of nitrogens with one attached hydrogen (secondary N) is 1. The van der Waals surface area contributed by atoms with E-state index in [1.165, 1.54) is 6.21 Å². The van der Waals surface area contributed by atoms with Crippen molar-refractivity contribution in [3.8, 4) is 22.6 Å². The van der Waals surface area contributed by atoms with E-state index in [0.717, 1.165) is 11.1 Å². The predicted molar refractivity (Wildman–Crippen MR) is 117 cm³/mol. The Hall–Kier alpha value is -4.13. The van der Waals surface area contributed by atoms with Gasteiger partial charge >= 0.3 is 5.97 Å². The molecule has 0 aromatic heterocycles. The van der Waals surface area contributed by atoms with Crippen molar-refractivity contribution < 1.29 is 24.2 Å². The molecule has 0 spiro atoms. The molecule has 0 aliphatic heterocycles. The second kappa shape index (κ2) is 10.6. The minimum atomic E-state index is -1.04. The maximum Gasteiger partial charge on any atom is 0.341 e. The molecule has 0 heterocycles. The Morgan fingerprint density at radius 3 is 2.19 bits per heavy atom. The lowest BCUT2D eigenvalue weighted by atomic mass is 10.1. The quantitative estimate of drug-likeness (QED) is 0.408. The lowest BCUT2D eigenvalue weighted by Crippen LogP contribution is -2.33. The lowest BCUT2D eigenvalue weighted by Gasteiger charge is -2.13. The van der Waals surface area contributed by atoms with E-state index < -0.39 is 18.7 Å². The molecule has 1 atom stereocenters. The number of carboxylic acid groups (broad SMARTS) is 1. The Labute approximate surface area is 179 Å². The van der Waals surface area contributed by atoms with Gasteiger partial charge in [0.15, 0.2) is 12.7 Å². The molecule has 3 aromatic rings. The zero-order chi connectivity index (χ0) is 22.1. The van der Waals surface area contributed by atoms with Gasteiger partial charge in [-0.15, -0.1) is 0 Å². The van der Waals surface area contributed by atoms with E-state index >= 15 is 0 Å². The van der Waals surface area contributed by atoms with Gasteiger partial charge in [-0.25, -0.2) is 10.2 Å². The summed E-state index contributed by atoms with van der Waals surface area (Å²) in [6.07, 6.45) is 0.742. The minimum Gasteiger partial charge on any atom is -0.482 e. The standard InChI is InChI=1S/C24H22N2O5/c1-17(31-22-13-9-20(10-14-22)19-5-3-2-4-6-19)24(29)26-25-15-18-7-11-21(12-8-18)30-16-23(27)28/h2-15,17H,16H2,1H3,(H,26,29)(H,27,28). The number of hydrazone groups is 1. The number of carboxylic acids is 1. The fraction of sp³-hybridized carbons (Fsp3) is 0.125. The number of amides is 1. The first-order valence-electron chi connectivity index (χ1n) is 9.61. The molecule has 0 saturated heterocycles. The normalized spacial score (nSPS) is 11.6. The van der Waals surface area contributed by atoms with E-state index in [0.29, 0.717) is 17.1 Å². The summed E-state index contributed by atoms with van der Waals surface area (Å²) < 4.78 is 10.7. The van der Waals surface area contributed by atoms with Crippen LogP contribution in [0.1, 0.15) is 12.5 Å². The molecular weight excluding hydrogens is 396 g/mol. The van der Waals surface area contributed by atoms with Crippen LogP contribution >= 0.6 is 0 Å². The summed E-state index contributed by atoms with van der Waals surface area (Å²) in [4.78, 5) is 22.7. The first-order chi connectivity index (χ1) is 15.0. The van der Waals surface area contributed by atoms with Gasteiger partial charge in [0.25, 0.3) is 5.91 Å². The number of hydrogen-bond donors (Lipinski definition) is 2. The third-order valence-corrected chi connectivity index (χ3v) is 4.27. The molecule has 0 radical (unpaired) electrons. The van der Waals surface area contributed by atoms with Gasteiger partial charge in [0.05, 0.1) is 6.21 Å². The van der Waals surface area contributed by atoms with Gasteiger partial charge in [0.1, 0.15) is 11.5 Å². The number of benzene rings is 3. The summed E-state index contributed by atoms with van der Waals surface area (Å²) in [5, 5.41) is 12.5. The number of ether oxygens (including phenoxy) is 2. The van der Waals surface area contributed by atoms with Crippen molar-refractivity contribution in [3.05, 3.63) is 84.4 Å². The average Bonchev–Trinajstić information content (AvgIpc) is 2.79. The van der Waals surface area contributed by atoms with E-state index in [4.69, 9.17) is 14.6 Å². The molecular formula is C24H22N2O5. The fourth-order valence-corrected chi connectivity index (χ4v) is 2.67. The van der Waals surface area contributed by atoms with Gasteiger partial charge in [0.2, 0.25) is 0 Å². The highest BCUT2D eigenvalue weighted by Crippen LogP contribution is 2.22. The number of nitrogens with zero attached hydrogens (tertiary/aromatic N) is 1. The first-order valence-corrected chi connectivity index (χ1v) is 9.61. The highest BCUT2D eigenvalue weighted by molar-refractivity contribution is 5.84. The van der Waals surface area contributed by atoms with Crippen molar-refractivity contribution >= 4 is 18.1 Å². The highest BCUT2D eigenvalue weighted by atomic mass is 16.5. The molecule has 1 unspecified atom stereocenters. The van der Waals surface area contributed by atoms with Crippen molar-refractivity contribution in [3.63, 3.8) is 0 Å². The van der Waals surface area contributed by atoms with Gasteiger partial charge in [-0.1, -0.05) is 42.5 Å². The van der Waals surface area contributed by atoms with Crippen molar-refractivity contribution in [2.24, 2.45) is 5.10 Å². The van der Waals surface area contributed by atoms with Crippen molar-refractivity contribution in [2.75, 3.05) is 6.61 Å². The summed E-state index contributed by atoms with van der Waals surface area (Å²) in [5.41, 5.74) is 5.33. The Bertz CT molecular complexity index is 1030. The van der Waals surface area contributed by atoms with E-state index in [1.807, 2.05) is 54.6 Å². The van der Waals surface area contributed by atoms with Gasteiger partial charge < -0.3 is 14.6 Å². The average molecular weight is 418 g/mol. The van der Waals surface area contributed by atoms with Crippen LogP contribution in [0.5, 0.6) is 11.5 Å². The molecule has 7 heteroatoms. The minimum absolute atomic E-state index is 0.384. The van der Waals surface area contributed by atoms with E-state index in [2.05, 4.69) is 10.5 Å². The number of hydrogen-bond acceptors (Lipinski definition) is 5. The SMILES string of the molecule is CC(Oc1ccc(-c2ccccc2)cc1)C(=O)NN=Cc1ccc(OCC(=O)O)cc1. The zero-order valence-electron chi connectivity index (χ0n) is 16.9. The fourth-order valence-electron chi connectivity index (χ4n) is 2.67. The van der Waals surface area contributed by atoms with Crippen molar-refractivity contribution in [2.45, 2.75) is 13.0 Å². The summed E-state index contributed by atoms with van der Waals surface area (Å²) in [6.45, 7) is 1.24. The van der Waals surface area contributed by atoms with Crippen molar-refractivity contribution in [1.82, 2.24) is 5.43 Å². The Balaban J connectivity index is 1.48. The van der Waals surface area contributed by atoms with Gasteiger partial charge in [-0.3, -0.25) is 4.79 Å². The number of carbonyl (C=O) groups excluding carboxylic acids is 1. The second-order valence-corrected chi connectivity index (χ2v) is 6.64. The molecule has 0 bridgehead atoms. The van der Waals surface area contributed by atoms with Gasteiger partial charge in [0, 0.05) is 0 Å². The maximum absolute atomic E-state index is 12.2. The third-order valence-electron chi connectivity index (χ3n) is 4.27. The maximum atomic E-state index is 12.2. The van der Waals surface area contributed by atoms with Crippen LogP contribution in [0.2, 0.25) is 0 Å². The van der Waals surface area contributed by atoms with E-state index in [-0.39, 0.29) is 5.91 Å². The van der Waals surface area contributed by atoms with Crippen LogP contribution in [0.25, 0.3) is 11.1 Å². The van der Waals surface area contributed by atoms with Crippen LogP contribution in [0.15, 0.2) is 84.0 Å². The summed E-state index contributed by atoms with van der Waals surface area (Å²) in [7, 11) is 0. The Morgan fingerprint density at radius 2 is 1.55 bits per heavy atom. The molecule has 2 N–H and O–H groups in total. The molecule has 1 amide bonds. The predicted octanol–water partition coefficient (Wildman–Crippen LogP) is 3.73. The molecule has 0 aliphatic rings. The number of carbonyl (C=O) groups is 2. The van der Waals surface area contributed by atoms with Gasteiger partial charge in [-0.2, -0.15) is 5.10 Å². The first kappa shape index (κ1) is 21.6. The summed E-state index contributed by atoms with van der Waals surface area (Å²) in [6, 6.07) is 24.1. The number of rotatable bonds is 9. The molecule has 3 rings (SSSR count). The molecule has 0 fully saturated rings. The van der Waals surface area contributed by atoms with Crippen LogP contribution in [0.3, 0.4) is 0 Å². The molecule has 0 aliphatic carbocycles. The summed E-state index contributed by atoms with van der Waals surface area (Å²) >= 11 is 0. The monoisotopic (exact) mass is 418 g/mol. The Morgan fingerprint density at radius 1 is 0.935 bits per heavy atom. The van der Waals surface area contributed by atoms with Crippen LogP contribution in [0.4, 0.5) is 0 Å². The van der Waals surface area contributed by atoms with Crippen molar-refractivity contribution in [1.29, 1.82) is 0 Å². The van der Waals surface area contributed by atoms with Crippen LogP contribution < -0.4 is 14.9 Å². The Kier molecular flexibility index (Phi) is 7.37. The molecule has 158 valence electrons. The van der Waals surface area contributed by atoms with Crippen LogP contribution in [0, 0.1) is 0 Å². The third kappa shape index (κ3) is 6.71. The van der Waals surface area contributed by atoms with E-state index in [9.17, 15) is 9.59 Å². The topological polar surface area (TPSA) is 97.2 Å². The summed E-state index contributed by atoms with van der Waals surface area (Å²) in [5.74, 6) is -0.409.